The van der Waals surface area contributed by atoms with Gasteiger partial charge in [0.25, 0.3) is 0 Å². The molecule has 1 aromatic heterocycles. The summed E-state index contributed by atoms with van der Waals surface area (Å²) in [7, 11) is 0. The highest BCUT2D eigenvalue weighted by atomic mass is 15.3. The summed E-state index contributed by atoms with van der Waals surface area (Å²) in [5, 5.41) is 1.34. The van der Waals surface area contributed by atoms with E-state index in [1.165, 1.54) is 22.3 Å². The molecule has 0 saturated carbocycles. The second-order valence-electron chi connectivity index (χ2n) is 5.26. The van der Waals surface area contributed by atoms with Gasteiger partial charge in [-0.05, 0) is 13.0 Å². The van der Waals surface area contributed by atoms with E-state index in [-0.39, 0.29) is 0 Å². The molecule has 0 amide bonds. The second kappa shape index (κ2) is 5.23. The van der Waals surface area contributed by atoms with Gasteiger partial charge in [0.05, 0.1) is 5.69 Å². The van der Waals surface area contributed by atoms with Gasteiger partial charge in [-0.1, -0.05) is 18.2 Å². The Kier molecular flexibility index (Phi) is 3.44. The van der Waals surface area contributed by atoms with Crippen molar-refractivity contribution in [1.82, 2.24) is 9.88 Å². The smallest absolute Gasteiger partial charge is 0.0655 e. The van der Waals surface area contributed by atoms with Gasteiger partial charge in [-0.3, -0.25) is 4.90 Å². The lowest BCUT2D eigenvalue weighted by molar-refractivity contribution is 0.265. The molecule has 0 radical (unpaired) electrons. The topological polar surface area (TPSA) is 48.3 Å². The molecule has 1 aliphatic heterocycles. The first-order valence-electron chi connectivity index (χ1n) is 7.04. The van der Waals surface area contributed by atoms with Gasteiger partial charge in [-0.25, -0.2) is 0 Å². The van der Waals surface area contributed by atoms with Gasteiger partial charge in [0.2, 0.25) is 0 Å². The summed E-state index contributed by atoms with van der Waals surface area (Å²) in [6.07, 6.45) is 0. The summed E-state index contributed by atoms with van der Waals surface area (Å²) in [4.78, 5) is 8.43. The van der Waals surface area contributed by atoms with Crippen LogP contribution in [0.3, 0.4) is 0 Å². The van der Waals surface area contributed by atoms with E-state index in [0.29, 0.717) is 0 Å². The van der Waals surface area contributed by atoms with E-state index in [4.69, 9.17) is 5.73 Å². The lowest BCUT2D eigenvalue weighted by Gasteiger charge is -2.36. The molecule has 2 aromatic rings. The van der Waals surface area contributed by atoms with E-state index < -0.39 is 0 Å². The quantitative estimate of drug-likeness (QED) is 0.878. The maximum absolute atomic E-state index is 5.63. The molecule has 1 fully saturated rings. The number of rotatable bonds is 3. The SMILES string of the molecule is Cc1[nH]c2ccccc2c1N1CCN(CCN)CC1. The van der Waals surface area contributed by atoms with Crippen molar-refractivity contribution in [2.45, 2.75) is 6.92 Å². The molecular weight excluding hydrogens is 236 g/mol. The maximum atomic E-state index is 5.63. The highest BCUT2D eigenvalue weighted by molar-refractivity contribution is 5.94. The molecule has 102 valence electrons. The average molecular weight is 258 g/mol. The maximum Gasteiger partial charge on any atom is 0.0655 e. The first-order valence-corrected chi connectivity index (χ1v) is 7.04. The largest absolute Gasteiger partial charge is 0.367 e. The zero-order valence-electron chi connectivity index (χ0n) is 11.5. The van der Waals surface area contributed by atoms with Gasteiger partial charge in [-0.15, -0.1) is 0 Å². The third kappa shape index (κ3) is 2.33. The molecule has 1 aromatic carbocycles. The van der Waals surface area contributed by atoms with E-state index in [1.807, 2.05) is 0 Å². The molecule has 1 aliphatic rings. The van der Waals surface area contributed by atoms with Gasteiger partial charge >= 0.3 is 0 Å². The average Bonchev–Trinajstić information content (AvgIpc) is 2.76. The minimum atomic E-state index is 0.756. The summed E-state index contributed by atoms with van der Waals surface area (Å²) < 4.78 is 0. The molecular formula is C15H22N4. The van der Waals surface area contributed by atoms with Crippen LogP contribution in [-0.2, 0) is 0 Å². The number of fused-ring (bicyclic) bond motifs is 1. The molecule has 19 heavy (non-hydrogen) atoms. The van der Waals surface area contributed by atoms with Crippen molar-refractivity contribution in [3.63, 3.8) is 0 Å². The third-order valence-corrected chi connectivity index (χ3v) is 3.99. The third-order valence-electron chi connectivity index (χ3n) is 3.99. The number of para-hydroxylation sites is 1. The summed E-state index contributed by atoms with van der Waals surface area (Å²) in [6, 6.07) is 8.56. The molecule has 0 bridgehead atoms. The Labute approximate surface area is 114 Å². The Morgan fingerprint density at radius 3 is 2.63 bits per heavy atom. The summed E-state index contributed by atoms with van der Waals surface area (Å²) in [5.74, 6) is 0. The number of aryl methyl sites for hydroxylation is 1. The number of nitrogens with one attached hydrogen (secondary N) is 1. The zero-order chi connectivity index (χ0) is 13.2. The number of piperazine rings is 1. The first kappa shape index (κ1) is 12.5. The number of nitrogens with zero attached hydrogens (tertiary/aromatic N) is 2. The van der Waals surface area contributed by atoms with Gasteiger partial charge in [0, 0.05) is 55.9 Å². The zero-order valence-corrected chi connectivity index (χ0v) is 11.5. The van der Waals surface area contributed by atoms with Gasteiger partial charge in [-0.2, -0.15) is 0 Å². The van der Waals surface area contributed by atoms with Crippen LogP contribution in [0.4, 0.5) is 5.69 Å². The van der Waals surface area contributed by atoms with Crippen molar-refractivity contribution in [2.24, 2.45) is 5.73 Å². The van der Waals surface area contributed by atoms with Crippen LogP contribution in [0, 0.1) is 6.92 Å². The van der Waals surface area contributed by atoms with Gasteiger partial charge in [0.15, 0.2) is 0 Å². The fourth-order valence-corrected chi connectivity index (χ4v) is 3.05. The summed E-state index contributed by atoms with van der Waals surface area (Å²) in [6.45, 7) is 8.33. The normalized spacial score (nSPS) is 17.3. The van der Waals surface area contributed by atoms with Crippen molar-refractivity contribution < 1.29 is 0 Å². The standard InChI is InChI=1S/C15H22N4/c1-12-15(13-4-2-3-5-14(13)17-12)19-10-8-18(7-6-16)9-11-19/h2-5,17H,6-11,16H2,1H3. The first-order chi connectivity index (χ1) is 9.29. The Morgan fingerprint density at radius 2 is 1.89 bits per heavy atom. The van der Waals surface area contributed by atoms with E-state index in [0.717, 1.165) is 39.3 Å². The van der Waals surface area contributed by atoms with Crippen LogP contribution in [-0.4, -0.2) is 49.2 Å². The number of anilines is 1. The molecule has 0 spiro atoms. The molecule has 0 unspecified atom stereocenters. The predicted octanol–water partition coefficient (Wildman–Crippen LogP) is 1.56. The monoisotopic (exact) mass is 258 g/mol. The van der Waals surface area contributed by atoms with Crippen LogP contribution in [0.15, 0.2) is 24.3 Å². The van der Waals surface area contributed by atoms with Crippen LogP contribution >= 0.6 is 0 Å². The number of H-pyrrole nitrogens is 1. The minimum Gasteiger partial charge on any atom is -0.367 e. The molecule has 3 rings (SSSR count). The number of aromatic amines is 1. The van der Waals surface area contributed by atoms with Crippen LogP contribution in [0.1, 0.15) is 5.69 Å². The molecule has 3 N–H and O–H groups in total. The van der Waals surface area contributed by atoms with Crippen molar-refractivity contribution in [3.8, 4) is 0 Å². The van der Waals surface area contributed by atoms with Crippen molar-refractivity contribution in [3.05, 3.63) is 30.0 Å². The molecule has 4 nitrogen and oxygen atoms in total. The molecule has 1 saturated heterocycles. The number of hydrogen-bond donors (Lipinski definition) is 2. The Hall–Kier alpha value is -1.52. The van der Waals surface area contributed by atoms with Crippen molar-refractivity contribution >= 4 is 16.6 Å². The lowest BCUT2D eigenvalue weighted by Crippen LogP contribution is -2.47. The Balaban J connectivity index is 1.83. The number of benzene rings is 1. The fraction of sp³-hybridized carbons (Fsp3) is 0.467. The van der Waals surface area contributed by atoms with Gasteiger partial charge in [0.1, 0.15) is 0 Å². The summed E-state index contributed by atoms with van der Waals surface area (Å²) >= 11 is 0. The molecule has 0 aliphatic carbocycles. The van der Waals surface area contributed by atoms with E-state index in [1.54, 1.807) is 0 Å². The minimum absolute atomic E-state index is 0.756. The van der Waals surface area contributed by atoms with Crippen LogP contribution in [0.5, 0.6) is 0 Å². The predicted molar refractivity (Wildman–Crippen MR) is 80.7 cm³/mol. The number of aromatic nitrogens is 1. The highest BCUT2D eigenvalue weighted by Crippen LogP contribution is 2.31. The lowest BCUT2D eigenvalue weighted by atomic mass is 10.2. The van der Waals surface area contributed by atoms with Crippen molar-refractivity contribution in [1.29, 1.82) is 0 Å². The Morgan fingerprint density at radius 1 is 1.16 bits per heavy atom. The van der Waals surface area contributed by atoms with Gasteiger partial charge < -0.3 is 15.6 Å². The molecule has 2 heterocycles. The number of hydrogen-bond acceptors (Lipinski definition) is 3. The van der Waals surface area contributed by atoms with Crippen LogP contribution in [0.2, 0.25) is 0 Å². The van der Waals surface area contributed by atoms with Crippen LogP contribution in [0.25, 0.3) is 10.9 Å². The van der Waals surface area contributed by atoms with Crippen LogP contribution < -0.4 is 10.6 Å². The summed E-state index contributed by atoms with van der Waals surface area (Å²) in [5.41, 5.74) is 9.51. The van der Waals surface area contributed by atoms with Crippen molar-refractivity contribution in [2.75, 3.05) is 44.2 Å². The Bertz CT molecular complexity index is 552. The fourth-order valence-electron chi connectivity index (χ4n) is 3.05. The number of nitrogens with two attached hydrogens (primary N) is 1. The van der Waals surface area contributed by atoms with E-state index >= 15 is 0 Å². The highest BCUT2D eigenvalue weighted by Gasteiger charge is 2.20. The van der Waals surface area contributed by atoms with E-state index in [9.17, 15) is 0 Å². The van der Waals surface area contributed by atoms with E-state index in [2.05, 4.69) is 46.0 Å². The molecule has 0 atom stereocenters. The second-order valence-corrected chi connectivity index (χ2v) is 5.26. The molecule has 4 heteroatoms.